The molecule has 3 aromatic carbocycles. The number of anilines is 1. The molecule has 1 amide bonds. The number of methoxy groups -OCH3 is 1. The van der Waals surface area contributed by atoms with Gasteiger partial charge in [0.15, 0.2) is 0 Å². The second kappa shape index (κ2) is 8.52. The molecular weight excluding hydrogens is 426 g/mol. The number of hydrogen-bond donors (Lipinski definition) is 1. The Morgan fingerprint density at radius 3 is 2.41 bits per heavy atom. The molecule has 0 saturated carbocycles. The van der Waals surface area contributed by atoms with Crippen LogP contribution in [0.15, 0.2) is 72.3 Å². The van der Waals surface area contributed by atoms with Crippen molar-refractivity contribution in [2.24, 2.45) is 0 Å². The molecule has 0 spiro atoms. The number of Topliss-reactive ketones (excluding diaryl/α,β-unsaturated/α-hetero) is 1. The lowest BCUT2D eigenvalue weighted by Gasteiger charge is -2.27. The van der Waals surface area contributed by atoms with Gasteiger partial charge in [-0.1, -0.05) is 59.6 Å². The third kappa shape index (κ3) is 3.55. The van der Waals surface area contributed by atoms with Gasteiger partial charge < -0.3 is 9.84 Å². The van der Waals surface area contributed by atoms with Crippen LogP contribution >= 0.6 is 11.6 Å². The van der Waals surface area contributed by atoms with Crippen LogP contribution in [0, 0.1) is 13.8 Å². The van der Waals surface area contributed by atoms with Crippen molar-refractivity contribution in [1.29, 1.82) is 0 Å². The van der Waals surface area contributed by atoms with E-state index in [-0.39, 0.29) is 11.3 Å². The topological polar surface area (TPSA) is 66.8 Å². The van der Waals surface area contributed by atoms with Crippen molar-refractivity contribution >= 4 is 34.7 Å². The van der Waals surface area contributed by atoms with Crippen molar-refractivity contribution in [1.82, 2.24) is 0 Å². The number of amides is 1. The fraction of sp³-hybridized carbons (Fsp3) is 0.154. The molecule has 1 aliphatic heterocycles. The largest absolute Gasteiger partial charge is 0.507 e. The van der Waals surface area contributed by atoms with Crippen LogP contribution in [0.3, 0.4) is 0 Å². The van der Waals surface area contributed by atoms with Gasteiger partial charge >= 0.3 is 0 Å². The van der Waals surface area contributed by atoms with Gasteiger partial charge in [-0.3, -0.25) is 14.5 Å². The first kappa shape index (κ1) is 21.7. The normalized spacial score (nSPS) is 17.6. The van der Waals surface area contributed by atoms with E-state index in [2.05, 4.69) is 0 Å². The van der Waals surface area contributed by atoms with Crippen molar-refractivity contribution in [2.45, 2.75) is 19.9 Å². The molecule has 0 aromatic heterocycles. The molecule has 5 nitrogen and oxygen atoms in total. The summed E-state index contributed by atoms with van der Waals surface area (Å²) in [7, 11) is 1.49. The molecular formula is C26H22ClNO4. The lowest BCUT2D eigenvalue weighted by atomic mass is 9.94. The number of halogens is 1. The van der Waals surface area contributed by atoms with Crippen molar-refractivity contribution in [3.63, 3.8) is 0 Å². The molecule has 32 heavy (non-hydrogen) atoms. The number of ketones is 1. The van der Waals surface area contributed by atoms with E-state index in [9.17, 15) is 14.7 Å². The summed E-state index contributed by atoms with van der Waals surface area (Å²) in [6.45, 7) is 3.67. The number of nitrogens with zero attached hydrogens (tertiary/aromatic N) is 1. The quantitative estimate of drug-likeness (QED) is 0.321. The molecule has 3 aromatic rings. The maximum Gasteiger partial charge on any atom is 0.300 e. The van der Waals surface area contributed by atoms with Gasteiger partial charge in [0.2, 0.25) is 0 Å². The molecule has 6 heteroatoms. The number of ether oxygens (including phenoxy) is 1. The molecule has 0 radical (unpaired) electrons. The molecule has 162 valence electrons. The molecule has 0 aliphatic carbocycles. The zero-order chi connectivity index (χ0) is 23.0. The summed E-state index contributed by atoms with van der Waals surface area (Å²) in [4.78, 5) is 28.0. The first-order chi connectivity index (χ1) is 15.3. The van der Waals surface area contributed by atoms with Crippen LogP contribution in [-0.2, 0) is 9.59 Å². The van der Waals surface area contributed by atoms with Crippen molar-refractivity contribution in [3.05, 3.63) is 99.6 Å². The van der Waals surface area contributed by atoms with Gasteiger partial charge in [0.1, 0.15) is 11.5 Å². The minimum Gasteiger partial charge on any atom is -0.507 e. The molecule has 1 fully saturated rings. The van der Waals surface area contributed by atoms with Crippen LogP contribution < -0.4 is 9.64 Å². The Hall–Kier alpha value is -3.57. The molecule has 1 atom stereocenters. The lowest BCUT2D eigenvalue weighted by molar-refractivity contribution is -0.132. The summed E-state index contributed by atoms with van der Waals surface area (Å²) in [5.41, 5.74) is 3.12. The van der Waals surface area contributed by atoms with E-state index >= 15 is 0 Å². The average molecular weight is 448 g/mol. The van der Waals surface area contributed by atoms with Gasteiger partial charge in [0, 0.05) is 10.7 Å². The maximum absolute atomic E-state index is 13.3. The highest BCUT2D eigenvalue weighted by molar-refractivity contribution is 6.52. The Kier molecular flexibility index (Phi) is 5.76. The molecule has 1 heterocycles. The Bertz CT molecular complexity index is 1250. The summed E-state index contributed by atoms with van der Waals surface area (Å²) in [5, 5.41) is 11.8. The molecule has 0 bridgehead atoms. The van der Waals surface area contributed by atoms with E-state index in [1.54, 1.807) is 37.3 Å². The van der Waals surface area contributed by atoms with E-state index in [0.717, 1.165) is 5.56 Å². The Labute approximate surface area is 191 Å². The molecule has 1 saturated heterocycles. The number of benzene rings is 3. The third-order valence-corrected chi connectivity index (χ3v) is 6.08. The molecule has 1 aliphatic rings. The Morgan fingerprint density at radius 2 is 1.72 bits per heavy atom. The second-order valence-corrected chi connectivity index (χ2v) is 8.07. The lowest BCUT2D eigenvalue weighted by Crippen LogP contribution is -2.30. The van der Waals surface area contributed by atoms with Crippen LogP contribution in [0.1, 0.15) is 28.3 Å². The van der Waals surface area contributed by atoms with Crippen molar-refractivity contribution in [3.8, 4) is 5.75 Å². The zero-order valence-electron chi connectivity index (χ0n) is 17.9. The second-order valence-electron chi connectivity index (χ2n) is 7.67. The standard InChI is InChI=1S/C26H22ClNO4/c1-15-12-13-21(32-3)18(14-15)24(29)22-23(17-8-5-4-6-9-17)28(26(31)25(22)30)20-11-7-10-19(27)16(20)2/h4-14,23,29H,1-3H3/b24-22+. The summed E-state index contributed by atoms with van der Waals surface area (Å²) in [6.07, 6.45) is 0. The molecule has 1 unspecified atom stereocenters. The molecule has 1 N–H and O–H groups in total. The van der Waals surface area contributed by atoms with Gasteiger partial charge in [-0.05, 0) is 49.2 Å². The van der Waals surface area contributed by atoms with Crippen molar-refractivity contribution < 1.29 is 19.4 Å². The van der Waals surface area contributed by atoms with Gasteiger partial charge in [-0.2, -0.15) is 0 Å². The highest BCUT2D eigenvalue weighted by Gasteiger charge is 2.47. The summed E-state index contributed by atoms with van der Waals surface area (Å²) in [6, 6.07) is 18.8. The Morgan fingerprint density at radius 1 is 1.00 bits per heavy atom. The Balaban J connectivity index is 2.01. The molecule has 4 rings (SSSR count). The van der Waals surface area contributed by atoms with Gasteiger partial charge in [-0.15, -0.1) is 0 Å². The maximum atomic E-state index is 13.3. The fourth-order valence-corrected chi connectivity index (χ4v) is 4.21. The third-order valence-electron chi connectivity index (χ3n) is 5.67. The summed E-state index contributed by atoms with van der Waals surface area (Å²) >= 11 is 6.32. The number of carbonyl (C=O) groups excluding carboxylic acids is 2. The SMILES string of the molecule is COc1ccc(C)cc1/C(O)=C1\C(=O)C(=O)N(c2cccc(Cl)c2C)C1c1ccccc1. The fourth-order valence-electron chi connectivity index (χ4n) is 4.04. The first-order valence-electron chi connectivity index (χ1n) is 10.1. The summed E-state index contributed by atoms with van der Waals surface area (Å²) < 4.78 is 5.41. The highest BCUT2D eigenvalue weighted by atomic mass is 35.5. The predicted octanol–water partition coefficient (Wildman–Crippen LogP) is 5.59. The van der Waals surface area contributed by atoms with E-state index < -0.39 is 17.7 Å². The number of aliphatic hydroxyl groups is 1. The van der Waals surface area contributed by atoms with Gasteiger partial charge in [0.05, 0.1) is 24.3 Å². The first-order valence-corrected chi connectivity index (χ1v) is 10.5. The van der Waals surface area contributed by atoms with Crippen LogP contribution in [0.2, 0.25) is 5.02 Å². The van der Waals surface area contributed by atoms with E-state index in [0.29, 0.717) is 33.1 Å². The van der Waals surface area contributed by atoms with E-state index in [1.165, 1.54) is 12.0 Å². The summed E-state index contributed by atoms with van der Waals surface area (Å²) in [5.74, 6) is -1.36. The van der Waals surface area contributed by atoms with E-state index in [1.807, 2.05) is 43.3 Å². The number of aryl methyl sites for hydroxylation is 1. The smallest absolute Gasteiger partial charge is 0.300 e. The van der Waals surface area contributed by atoms with E-state index in [4.69, 9.17) is 16.3 Å². The van der Waals surface area contributed by atoms with Gasteiger partial charge in [-0.25, -0.2) is 0 Å². The minimum atomic E-state index is -0.821. The van der Waals surface area contributed by atoms with Crippen LogP contribution in [0.5, 0.6) is 5.75 Å². The number of aliphatic hydroxyl groups excluding tert-OH is 1. The zero-order valence-corrected chi connectivity index (χ0v) is 18.7. The average Bonchev–Trinajstić information content (AvgIpc) is 3.06. The number of hydrogen-bond acceptors (Lipinski definition) is 4. The minimum absolute atomic E-state index is 0.00414. The van der Waals surface area contributed by atoms with Crippen LogP contribution in [0.25, 0.3) is 5.76 Å². The number of carbonyl (C=O) groups is 2. The predicted molar refractivity (Wildman–Crippen MR) is 125 cm³/mol. The van der Waals surface area contributed by atoms with Gasteiger partial charge in [0.25, 0.3) is 11.7 Å². The number of rotatable bonds is 4. The van der Waals surface area contributed by atoms with Crippen molar-refractivity contribution in [2.75, 3.05) is 12.0 Å². The van der Waals surface area contributed by atoms with Crippen LogP contribution in [0.4, 0.5) is 5.69 Å². The monoisotopic (exact) mass is 447 g/mol. The highest BCUT2D eigenvalue weighted by Crippen LogP contribution is 2.44. The van der Waals surface area contributed by atoms with Crippen LogP contribution in [-0.4, -0.2) is 23.9 Å².